The molecule has 3 aromatic rings. The summed E-state index contributed by atoms with van der Waals surface area (Å²) in [6.07, 6.45) is -0.229. The van der Waals surface area contributed by atoms with Crippen LogP contribution in [0.5, 0.6) is 0 Å². The van der Waals surface area contributed by atoms with E-state index in [0.717, 1.165) is 9.44 Å². The summed E-state index contributed by atoms with van der Waals surface area (Å²) in [4.78, 5) is 52.7. The van der Waals surface area contributed by atoms with E-state index in [4.69, 9.17) is 4.74 Å². The van der Waals surface area contributed by atoms with Crippen LogP contribution in [0.4, 0.5) is 5.69 Å². The summed E-state index contributed by atoms with van der Waals surface area (Å²) >= 11 is 1.31. The Labute approximate surface area is 163 Å². The Balaban J connectivity index is 1.74. The number of ether oxygens (including phenoxy) is 1. The average Bonchev–Trinajstić information content (AvgIpc) is 2.99. The second kappa shape index (κ2) is 7.81. The van der Waals surface area contributed by atoms with E-state index >= 15 is 0 Å². The number of benzene rings is 1. The number of aryl methyl sites for hydroxylation is 1. The van der Waals surface area contributed by atoms with Crippen LogP contribution in [0.25, 0.3) is 10.2 Å². The molecular weight excluding hydrogens is 382 g/mol. The Bertz CT molecular complexity index is 1160. The molecule has 3 rings (SSSR count). The average molecular weight is 401 g/mol. The van der Waals surface area contributed by atoms with Crippen LogP contribution in [0.1, 0.15) is 29.1 Å². The van der Waals surface area contributed by atoms with Crippen molar-refractivity contribution in [3.63, 3.8) is 0 Å². The Morgan fingerprint density at radius 1 is 1.21 bits per heavy atom. The number of fused-ring (bicyclic) bond motifs is 1. The van der Waals surface area contributed by atoms with Gasteiger partial charge in [-0.1, -0.05) is 0 Å². The Hall–Kier alpha value is -3.20. The number of carbonyl (C=O) groups excluding carboxylic acids is 2. The third-order valence-electron chi connectivity index (χ3n) is 3.85. The van der Waals surface area contributed by atoms with Crippen molar-refractivity contribution in [2.75, 3.05) is 5.32 Å². The normalized spacial score (nSPS) is 11.0. The molecule has 0 aliphatic heterocycles. The van der Waals surface area contributed by atoms with Gasteiger partial charge < -0.3 is 10.1 Å². The smallest absolute Gasteiger partial charge is 0.338 e. The van der Waals surface area contributed by atoms with E-state index in [1.54, 1.807) is 32.0 Å². The fourth-order valence-corrected chi connectivity index (χ4v) is 3.52. The number of thiophene rings is 1. The minimum absolute atomic E-state index is 0.229. The maximum Gasteiger partial charge on any atom is 0.338 e. The predicted molar refractivity (Wildman–Crippen MR) is 107 cm³/mol. The molecule has 0 aliphatic rings. The van der Waals surface area contributed by atoms with Gasteiger partial charge in [0.05, 0.1) is 17.1 Å². The number of carbonyl (C=O) groups is 2. The van der Waals surface area contributed by atoms with Crippen molar-refractivity contribution in [2.45, 2.75) is 33.4 Å². The van der Waals surface area contributed by atoms with Crippen LogP contribution in [0, 0.1) is 6.92 Å². The number of H-pyrrole nitrogens is 1. The van der Waals surface area contributed by atoms with Gasteiger partial charge in [-0.3, -0.25) is 19.1 Å². The molecule has 28 heavy (non-hydrogen) atoms. The molecule has 2 heterocycles. The zero-order chi connectivity index (χ0) is 20.4. The van der Waals surface area contributed by atoms with Gasteiger partial charge in [0.1, 0.15) is 11.4 Å². The van der Waals surface area contributed by atoms with Crippen LogP contribution >= 0.6 is 11.3 Å². The molecule has 0 spiro atoms. The van der Waals surface area contributed by atoms with E-state index in [1.165, 1.54) is 23.5 Å². The van der Waals surface area contributed by atoms with Gasteiger partial charge in [0, 0.05) is 10.6 Å². The van der Waals surface area contributed by atoms with Crippen LogP contribution in [0.15, 0.2) is 39.9 Å². The molecule has 0 bridgehead atoms. The van der Waals surface area contributed by atoms with E-state index in [9.17, 15) is 19.2 Å². The van der Waals surface area contributed by atoms with E-state index in [2.05, 4.69) is 10.3 Å². The molecule has 0 saturated carbocycles. The van der Waals surface area contributed by atoms with Gasteiger partial charge in [-0.25, -0.2) is 9.59 Å². The van der Waals surface area contributed by atoms with Crippen LogP contribution in [0.3, 0.4) is 0 Å². The molecule has 0 radical (unpaired) electrons. The first-order valence-electron chi connectivity index (χ1n) is 8.58. The molecule has 0 aliphatic carbocycles. The van der Waals surface area contributed by atoms with Gasteiger partial charge in [0.2, 0.25) is 5.91 Å². The first-order chi connectivity index (χ1) is 13.2. The summed E-state index contributed by atoms with van der Waals surface area (Å²) < 4.78 is 5.96. The molecule has 1 aromatic carbocycles. The van der Waals surface area contributed by atoms with Gasteiger partial charge in [0.25, 0.3) is 5.56 Å². The van der Waals surface area contributed by atoms with Crippen molar-refractivity contribution >= 4 is 39.1 Å². The second-order valence-electron chi connectivity index (χ2n) is 6.50. The van der Waals surface area contributed by atoms with Gasteiger partial charge in [-0.15, -0.1) is 11.3 Å². The van der Waals surface area contributed by atoms with Crippen LogP contribution in [-0.2, 0) is 16.1 Å². The minimum atomic E-state index is -0.638. The number of hydrogen-bond donors (Lipinski definition) is 2. The molecule has 0 fully saturated rings. The summed E-state index contributed by atoms with van der Waals surface area (Å²) in [5, 5.41) is 2.98. The van der Waals surface area contributed by atoms with Crippen LogP contribution in [0.2, 0.25) is 0 Å². The SMILES string of the molecule is Cc1cc2c(=O)n(CC(=O)Nc3ccc(C(=O)OC(C)C)cc3)c(=O)[nH]c2s1. The van der Waals surface area contributed by atoms with Gasteiger partial charge in [0.15, 0.2) is 0 Å². The number of amides is 1. The number of esters is 1. The third-order valence-corrected chi connectivity index (χ3v) is 4.81. The Morgan fingerprint density at radius 2 is 1.89 bits per heavy atom. The molecule has 2 N–H and O–H groups in total. The van der Waals surface area contributed by atoms with Gasteiger partial charge in [-0.2, -0.15) is 0 Å². The topological polar surface area (TPSA) is 110 Å². The summed E-state index contributed by atoms with van der Waals surface area (Å²) in [5.74, 6) is -0.985. The highest BCUT2D eigenvalue weighted by Crippen LogP contribution is 2.18. The van der Waals surface area contributed by atoms with Crippen LogP contribution in [-0.4, -0.2) is 27.5 Å². The van der Waals surface area contributed by atoms with E-state index in [1.807, 2.05) is 6.92 Å². The Kier molecular flexibility index (Phi) is 5.46. The van der Waals surface area contributed by atoms with Crippen molar-refractivity contribution in [1.82, 2.24) is 9.55 Å². The van der Waals surface area contributed by atoms with Gasteiger partial charge >= 0.3 is 11.7 Å². The molecule has 1 amide bonds. The zero-order valence-electron chi connectivity index (χ0n) is 15.6. The first-order valence-corrected chi connectivity index (χ1v) is 9.40. The number of rotatable bonds is 5. The lowest BCUT2D eigenvalue weighted by Gasteiger charge is -2.09. The molecule has 2 aromatic heterocycles. The summed E-state index contributed by atoms with van der Waals surface area (Å²) in [5.41, 5.74) is -0.355. The van der Waals surface area contributed by atoms with E-state index in [0.29, 0.717) is 21.5 Å². The zero-order valence-corrected chi connectivity index (χ0v) is 16.4. The minimum Gasteiger partial charge on any atom is -0.459 e. The van der Waals surface area contributed by atoms with Crippen LogP contribution < -0.4 is 16.6 Å². The molecule has 9 heteroatoms. The maximum absolute atomic E-state index is 12.5. The number of aromatic amines is 1. The maximum atomic E-state index is 12.5. The monoisotopic (exact) mass is 401 g/mol. The standard InChI is InChI=1S/C19H19N3O5S/c1-10(2)27-18(25)12-4-6-13(7-5-12)20-15(23)9-22-17(24)14-8-11(3)28-16(14)21-19(22)26/h4-8,10H,9H2,1-3H3,(H,20,23)(H,21,26). The molecule has 8 nitrogen and oxygen atoms in total. The number of anilines is 1. The van der Waals surface area contributed by atoms with E-state index in [-0.39, 0.29) is 6.10 Å². The highest BCUT2D eigenvalue weighted by Gasteiger charge is 2.14. The highest BCUT2D eigenvalue weighted by atomic mass is 32.1. The lowest BCUT2D eigenvalue weighted by molar-refractivity contribution is -0.116. The number of nitrogens with one attached hydrogen (secondary N) is 2. The van der Waals surface area contributed by atoms with Gasteiger partial charge in [-0.05, 0) is 51.1 Å². The predicted octanol–water partition coefficient (Wildman–Crippen LogP) is 2.26. The Morgan fingerprint density at radius 3 is 2.54 bits per heavy atom. The number of nitrogens with zero attached hydrogens (tertiary/aromatic N) is 1. The van der Waals surface area contributed by atoms with E-state index < -0.39 is 29.7 Å². The fraction of sp³-hybridized carbons (Fsp3) is 0.263. The summed E-state index contributed by atoms with van der Waals surface area (Å²) in [7, 11) is 0. The largest absolute Gasteiger partial charge is 0.459 e. The highest BCUT2D eigenvalue weighted by molar-refractivity contribution is 7.18. The summed E-state index contributed by atoms with van der Waals surface area (Å²) in [6.45, 7) is 4.92. The van der Waals surface area contributed by atoms with Crippen molar-refractivity contribution < 1.29 is 14.3 Å². The second-order valence-corrected chi connectivity index (χ2v) is 7.76. The first kappa shape index (κ1) is 19.6. The lowest BCUT2D eigenvalue weighted by atomic mass is 10.2. The quantitative estimate of drug-likeness (QED) is 0.637. The molecule has 0 atom stereocenters. The third kappa shape index (κ3) is 4.20. The molecule has 0 unspecified atom stereocenters. The molecular formula is C19H19N3O5S. The summed E-state index contributed by atoms with van der Waals surface area (Å²) in [6, 6.07) is 7.83. The number of hydrogen-bond acceptors (Lipinski definition) is 6. The fourth-order valence-electron chi connectivity index (χ4n) is 2.63. The van der Waals surface area contributed by atoms with Crippen molar-refractivity contribution in [1.29, 1.82) is 0 Å². The van der Waals surface area contributed by atoms with Crippen molar-refractivity contribution in [3.8, 4) is 0 Å². The lowest BCUT2D eigenvalue weighted by Crippen LogP contribution is -2.38. The molecule has 146 valence electrons. The molecule has 0 saturated heterocycles. The number of aromatic nitrogens is 2. The van der Waals surface area contributed by atoms with Crippen molar-refractivity contribution in [2.24, 2.45) is 0 Å². The van der Waals surface area contributed by atoms with Crippen molar-refractivity contribution in [3.05, 3.63) is 61.6 Å².